The third-order valence-corrected chi connectivity index (χ3v) is 4.31. The van der Waals surface area contributed by atoms with Crippen LogP contribution in [0, 0.1) is 6.92 Å². The van der Waals surface area contributed by atoms with Crippen LogP contribution in [0.25, 0.3) is 22.4 Å². The van der Waals surface area contributed by atoms with Crippen molar-refractivity contribution in [1.82, 2.24) is 15.0 Å². The maximum Gasteiger partial charge on any atom is 0.164 e. The van der Waals surface area contributed by atoms with E-state index in [4.69, 9.17) is 11.6 Å². The molecule has 2 aromatic heterocycles. The fraction of sp³-hybridized carbons (Fsp3) is 0.188. The Morgan fingerprint density at radius 2 is 2.00 bits per heavy atom. The molecule has 0 saturated carbocycles. The molecule has 0 aliphatic carbocycles. The van der Waals surface area contributed by atoms with Crippen LogP contribution in [0.3, 0.4) is 0 Å². The minimum Gasteiger partial charge on any atom is -0.236 e. The second-order valence-corrected chi connectivity index (χ2v) is 6.31. The normalized spacial score (nSPS) is 11.0. The molecule has 106 valence electrons. The van der Waals surface area contributed by atoms with Gasteiger partial charge >= 0.3 is 0 Å². The molecule has 0 spiro atoms. The van der Waals surface area contributed by atoms with Crippen LogP contribution in [0.4, 0.5) is 0 Å². The lowest BCUT2D eigenvalue weighted by atomic mass is 10.2. The smallest absolute Gasteiger partial charge is 0.164 e. The van der Waals surface area contributed by atoms with Crippen molar-refractivity contribution in [2.75, 3.05) is 5.75 Å². The number of pyridine rings is 1. The van der Waals surface area contributed by atoms with E-state index in [2.05, 4.69) is 27.9 Å². The van der Waals surface area contributed by atoms with Crippen molar-refractivity contribution < 1.29 is 0 Å². The molecule has 0 bridgehead atoms. The fourth-order valence-corrected chi connectivity index (χ4v) is 3.15. The van der Waals surface area contributed by atoms with Crippen LogP contribution in [0.1, 0.15) is 12.5 Å². The van der Waals surface area contributed by atoms with E-state index in [1.54, 1.807) is 18.0 Å². The molecule has 0 radical (unpaired) electrons. The van der Waals surface area contributed by atoms with Crippen LogP contribution in [-0.2, 0) is 0 Å². The topological polar surface area (TPSA) is 38.7 Å². The highest BCUT2D eigenvalue weighted by atomic mass is 35.5. The molecule has 3 rings (SSSR count). The van der Waals surface area contributed by atoms with Gasteiger partial charge in [0.05, 0.1) is 5.39 Å². The van der Waals surface area contributed by atoms with E-state index >= 15 is 0 Å². The molecule has 0 N–H and O–H groups in total. The number of fused-ring (bicyclic) bond motifs is 1. The van der Waals surface area contributed by atoms with Crippen LogP contribution < -0.4 is 0 Å². The molecule has 0 atom stereocenters. The first-order valence-corrected chi connectivity index (χ1v) is 8.07. The van der Waals surface area contributed by atoms with Crippen molar-refractivity contribution in [3.05, 3.63) is 47.2 Å². The predicted octanol–water partition coefficient (Wildman–Crippen LogP) is 4.77. The quantitative estimate of drug-likeness (QED) is 0.515. The summed E-state index contributed by atoms with van der Waals surface area (Å²) < 4.78 is 0. The summed E-state index contributed by atoms with van der Waals surface area (Å²) in [5.41, 5.74) is 2.67. The number of thioether (sulfide) groups is 1. The standard InChI is InChI=1S/C16H14ClN3S/c1-3-21-13-7-5-4-6-11(13)16-19-14(17)12-8-10(2)9-18-15(12)20-16/h4-9H,3H2,1-2H3. The Labute approximate surface area is 132 Å². The summed E-state index contributed by atoms with van der Waals surface area (Å²) in [6.45, 7) is 4.10. The maximum absolute atomic E-state index is 6.32. The first-order valence-electron chi connectivity index (χ1n) is 6.71. The van der Waals surface area contributed by atoms with Gasteiger partial charge in [-0.1, -0.05) is 36.7 Å². The third kappa shape index (κ3) is 2.87. The van der Waals surface area contributed by atoms with Crippen LogP contribution in [0.15, 0.2) is 41.4 Å². The highest BCUT2D eigenvalue weighted by molar-refractivity contribution is 7.99. The van der Waals surface area contributed by atoms with Gasteiger partial charge in [-0.3, -0.25) is 0 Å². The molecular weight excluding hydrogens is 302 g/mol. The van der Waals surface area contributed by atoms with Gasteiger partial charge < -0.3 is 0 Å². The summed E-state index contributed by atoms with van der Waals surface area (Å²) in [5.74, 6) is 1.62. The number of hydrogen-bond acceptors (Lipinski definition) is 4. The Morgan fingerprint density at radius 3 is 2.81 bits per heavy atom. The zero-order valence-corrected chi connectivity index (χ0v) is 13.4. The molecule has 0 amide bonds. The van der Waals surface area contributed by atoms with E-state index in [1.807, 2.05) is 31.2 Å². The molecule has 3 nitrogen and oxygen atoms in total. The summed E-state index contributed by atoms with van der Waals surface area (Å²) in [6, 6.07) is 10.1. The average Bonchev–Trinajstić information content (AvgIpc) is 2.49. The molecule has 5 heteroatoms. The van der Waals surface area contributed by atoms with Gasteiger partial charge in [0.25, 0.3) is 0 Å². The summed E-state index contributed by atoms with van der Waals surface area (Å²) >= 11 is 8.08. The van der Waals surface area contributed by atoms with Crippen molar-refractivity contribution in [3.63, 3.8) is 0 Å². The Morgan fingerprint density at radius 1 is 1.19 bits per heavy atom. The maximum atomic E-state index is 6.32. The highest BCUT2D eigenvalue weighted by Gasteiger charge is 2.12. The second kappa shape index (κ2) is 6.00. The van der Waals surface area contributed by atoms with Crippen molar-refractivity contribution in [2.45, 2.75) is 18.7 Å². The lowest BCUT2D eigenvalue weighted by Crippen LogP contribution is -1.95. The summed E-state index contributed by atoms with van der Waals surface area (Å²) in [6.07, 6.45) is 1.79. The summed E-state index contributed by atoms with van der Waals surface area (Å²) in [7, 11) is 0. The molecule has 0 saturated heterocycles. The third-order valence-electron chi connectivity index (χ3n) is 3.07. The van der Waals surface area contributed by atoms with E-state index in [1.165, 1.54) is 0 Å². The van der Waals surface area contributed by atoms with Gasteiger partial charge in [0.2, 0.25) is 0 Å². The van der Waals surface area contributed by atoms with Crippen molar-refractivity contribution in [3.8, 4) is 11.4 Å². The molecule has 0 aliphatic rings. The zero-order valence-electron chi connectivity index (χ0n) is 11.8. The Balaban J connectivity index is 2.20. The fourth-order valence-electron chi connectivity index (χ4n) is 2.13. The number of halogens is 1. The van der Waals surface area contributed by atoms with Gasteiger partial charge in [0, 0.05) is 16.7 Å². The van der Waals surface area contributed by atoms with Crippen LogP contribution in [0.5, 0.6) is 0 Å². The van der Waals surface area contributed by atoms with Gasteiger partial charge in [-0.05, 0) is 30.4 Å². The van der Waals surface area contributed by atoms with Gasteiger partial charge in [-0.25, -0.2) is 15.0 Å². The number of rotatable bonds is 3. The molecule has 3 aromatic rings. The molecule has 0 unspecified atom stereocenters. The van der Waals surface area contributed by atoms with Gasteiger partial charge in [-0.15, -0.1) is 11.8 Å². The van der Waals surface area contributed by atoms with E-state index in [-0.39, 0.29) is 0 Å². The number of nitrogens with zero attached hydrogens (tertiary/aromatic N) is 3. The first-order chi connectivity index (χ1) is 10.2. The second-order valence-electron chi connectivity index (χ2n) is 4.65. The monoisotopic (exact) mass is 315 g/mol. The van der Waals surface area contributed by atoms with E-state index in [9.17, 15) is 0 Å². The molecule has 0 fully saturated rings. The lowest BCUT2D eigenvalue weighted by molar-refractivity contribution is 1.16. The van der Waals surface area contributed by atoms with Crippen molar-refractivity contribution in [2.24, 2.45) is 0 Å². The lowest BCUT2D eigenvalue weighted by Gasteiger charge is -2.08. The van der Waals surface area contributed by atoms with E-state index in [0.717, 1.165) is 27.2 Å². The molecule has 0 aliphatic heterocycles. The van der Waals surface area contributed by atoms with E-state index in [0.29, 0.717) is 16.6 Å². The van der Waals surface area contributed by atoms with Gasteiger partial charge in [0.15, 0.2) is 11.5 Å². The molecule has 21 heavy (non-hydrogen) atoms. The van der Waals surface area contributed by atoms with Crippen molar-refractivity contribution in [1.29, 1.82) is 0 Å². The molecular formula is C16H14ClN3S. The van der Waals surface area contributed by atoms with Gasteiger partial charge in [0.1, 0.15) is 5.15 Å². The Hall–Kier alpha value is -1.65. The SMILES string of the molecule is CCSc1ccccc1-c1nc(Cl)c2cc(C)cnc2n1. The van der Waals surface area contributed by atoms with Crippen molar-refractivity contribution >= 4 is 34.4 Å². The highest BCUT2D eigenvalue weighted by Crippen LogP contribution is 2.31. The Bertz CT molecular complexity index is 805. The Kier molecular flexibility index (Phi) is 4.08. The molecule has 1 aromatic carbocycles. The summed E-state index contributed by atoms with van der Waals surface area (Å²) in [5, 5.41) is 1.24. The van der Waals surface area contributed by atoms with Crippen LogP contribution >= 0.6 is 23.4 Å². The first kappa shape index (κ1) is 14.3. The largest absolute Gasteiger partial charge is 0.236 e. The van der Waals surface area contributed by atoms with E-state index < -0.39 is 0 Å². The average molecular weight is 316 g/mol. The summed E-state index contributed by atoms with van der Waals surface area (Å²) in [4.78, 5) is 14.5. The predicted molar refractivity (Wildman–Crippen MR) is 88.9 cm³/mol. The number of benzene rings is 1. The minimum atomic E-state index is 0.447. The number of aromatic nitrogens is 3. The zero-order chi connectivity index (χ0) is 14.8. The minimum absolute atomic E-state index is 0.447. The number of aryl methyl sites for hydroxylation is 1. The van der Waals surface area contributed by atoms with Crippen LogP contribution in [-0.4, -0.2) is 20.7 Å². The number of hydrogen-bond donors (Lipinski definition) is 0. The molecule has 2 heterocycles. The van der Waals surface area contributed by atoms with Crippen LogP contribution in [0.2, 0.25) is 5.15 Å². The van der Waals surface area contributed by atoms with Gasteiger partial charge in [-0.2, -0.15) is 0 Å².